The van der Waals surface area contributed by atoms with Crippen molar-refractivity contribution in [2.45, 2.75) is 26.6 Å². The molecule has 0 amide bonds. The van der Waals surface area contributed by atoms with Gasteiger partial charge in [-0.3, -0.25) is 0 Å². The molecular formula is C20H26BrN7. The first kappa shape index (κ1) is 20.1. The maximum Gasteiger partial charge on any atom is 0.194 e. The highest BCUT2D eigenvalue weighted by atomic mass is 79.9. The number of nitrogens with one attached hydrogen (secondary N) is 1. The van der Waals surface area contributed by atoms with Crippen LogP contribution in [0.4, 0.5) is 0 Å². The van der Waals surface area contributed by atoms with E-state index in [0.29, 0.717) is 13.1 Å². The van der Waals surface area contributed by atoms with Gasteiger partial charge >= 0.3 is 0 Å². The summed E-state index contributed by atoms with van der Waals surface area (Å²) in [5.41, 5.74) is 3.57. The smallest absolute Gasteiger partial charge is 0.194 e. The van der Waals surface area contributed by atoms with Gasteiger partial charge < -0.3 is 14.8 Å². The van der Waals surface area contributed by atoms with Gasteiger partial charge in [-0.05, 0) is 40.0 Å². The third kappa shape index (κ3) is 5.45. The fraction of sp³-hybridized carbons (Fsp3) is 0.350. The van der Waals surface area contributed by atoms with Gasteiger partial charge in [-0.25, -0.2) is 14.7 Å². The number of guanidine groups is 1. The molecule has 8 heteroatoms. The van der Waals surface area contributed by atoms with Crippen molar-refractivity contribution in [1.29, 1.82) is 0 Å². The predicted molar refractivity (Wildman–Crippen MR) is 115 cm³/mol. The van der Waals surface area contributed by atoms with Crippen LogP contribution in [0.25, 0.3) is 0 Å². The van der Waals surface area contributed by atoms with Crippen LogP contribution < -0.4 is 5.32 Å². The first-order chi connectivity index (χ1) is 13.5. The van der Waals surface area contributed by atoms with E-state index in [4.69, 9.17) is 4.99 Å². The van der Waals surface area contributed by atoms with Gasteiger partial charge in [-0.2, -0.15) is 5.10 Å². The second-order valence-electron chi connectivity index (χ2n) is 6.70. The summed E-state index contributed by atoms with van der Waals surface area (Å²) in [6, 6.07) is 10.6. The summed E-state index contributed by atoms with van der Waals surface area (Å²) in [4.78, 5) is 11.0. The number of benzene rings is 1. The molecule has 0 aliphatic carbocycles. The Bertz CT molecular complexity index is 915. The average molecular weight is 444 g/mol. The third-order valence-corrected chi connectivity index (χ3v) is 4.82. The molecule has 28 heavy (non-hydrogen) atoms. The van der Waals surface area contributed by atoms with E-state index in [0.717, 1.165) is 23.5 Å². The minimum atomic E-state index is 0.620. The minimum Gasteiger partial charge on any atom is -0.357 e. The zero-order valence-corrected chi connectivity index (χ0v) is 18.1. The summed E-state index contributed by atoms with van der Waals surface area (Å²) in [6.07, 6.45) is 5.34. The van der Waals surface area contributed by atoms with Gasteiger partial charge in [-0.15, -0.1) is 0 Å². The Morgan fingerprint density at radius 2 is 2.11 bits per heavy atom. The zero-order chi connectivity index (χ0) is 19.9. The van der Waals surface area contributed by atoms with Crippen LogP contribution in [0.1, 0.15) is 23.7 Å². The molecule has 0 unspecified atom stereocenters. The Kier molecular flexibility index (Phi) is 6.86. The molecule has 1 N–H and O–H groups in total. The molecule has 148 valence electrons. The van der Waals surface area contributed by atoms with Crippen molar-refractivity contribution in [3.05, 3.63) is 70.5 Å². The average Bonchev–Trinajstić information content (AvgIpc) is 3.28. The molecule has 0 aliphatic heterocycles. The van der Waals surface area contributed by atoms with Crippen molar-refractivity contribution in [1.82, 2.24) is 29.5 Å². The molecule has 0 fully saturated rings. The SMILES string of the molecule is CCNC(=NCc1cccc(Cn2cncn2)c1)N(C)Cc1cc(Br)cn1C. The van der Waals surface area contributed by atoms with Crippen molar-refractivity contribution >= 4 is 21.9 Å². The summed E-state index contributed by atoms with van der Waals surface area (Å²) in [6.45, 7) is 5.02. The van der Waals surface area contributed by atoms with Gasteiger partial charge in [0.25, 0.3) is 0 Å². The molecule has 2 aromatic heterocycles. The molecule has 2 heterocycles. The second kappa shape index (κ2) is 9.54. The minimum absolute atomic E-state index is 0.620. The highest BCUT2D eigenvalue weighted by Gasteiger charge is 2.10. The largest absolute Gasteiger partial charge is 0.357 e. The first-order valence-corrected chi connectivity index (χ1v) is 10.0. The summed E-state index contributed by atoms with van der Waals surface area (Å²) >= 11 is 3.53. The molecule has 7 nitrogen and oxygen atoms in total. The summed E-state index contributed by atoms with van der Waals surface area (Å²) < 4.78 is 5.03. The Balaban J connectivity index is 1.69. The molecule has 0 aliphatic rings. The van der Waals surface area contributed by atoms with Crippen molar-refractivity contribution in [2.75, 3.05) is 13.6 Å². The quantitative estimate of drug-likeness (QED) is 0.450. The highest BCUT2D eigenvalue weighted by molar-refractivity contribution is 9.10. The van der Waals surface area contributed by atoms with Gasteiger partial charge in [0.2, 0.25) is 0 Å². The Morgan fingerprint density at radius 1 is 1.29 bits per heavy atom. The van der Waals surface area contributed by atoms with Crippen LogP contribution in [0.5, 0.6) is 0 Å². The normalized spacial score (nSPS) is 11.6. The Morgan fingerprint density at radius 3 is 2.79 bits per heavy atom. The molecule has 0 saturated heterocycles. The predicted octanol–water partition coefficient (Wildman–Crippen LogP) is 3.02. The lowest BCUT2D eigenvalue weighted by Gasteiger charge is -2.22. The third-order valence-electron chi connectivity index (χ3n) is 4.38. The van der Waals surface area contributed by atoms with Crippen molar-refractivity contribution in [2.24, 2.45) is 12.0 Å². The number of halogens is 1. The van der Waals surface area contributed by atoms with Crippen LogP contribution in [0.3, 0.4) is 0 Å². The maximum atomic E-state index is 4.83. The zero-order valence-electron chi connectivity index (χ0n) is 16.5. The fourth-order valence-electron chi connectivity index (χ4n) is 3.00. The number of aromatic nitrogens is 4. The van der Waals surface area contributed by atoms with Gasteiger partial charge in [0.1, 0.15) is 12.7 Å². The molecule has 3 rings (SSSR count). The van der Waals surface area contributed by atoms with E-state index < -0.39 is 0 Å². The van der Waals surface area contributed by atoms with Crippen LogP contribution in [0.2, 0.25) is 0 Å². The van der Waals surface area contributed by atoms with Gasteiger partial charge in [-0.1, -0.05) is 24.3 Å². The number of rotatable bonds is 7. The van der Waals surface area contributed by atoms with Gasteiger partial charge in [0, 0.05) is 37.0 Å². The standard InChI is InChI=1S/C20H26BrN7/c1-4-23-20(27(3)13-19-9-18(21)12-26(19)2)24-10-16-6-5-7-17(8-16)11-28-15-22-14-25-28/h5-9,12,14-15H,4,10-11,13H2,1-3H3,(H,23,24). The van der Waals surface area contributed by atoms with Gasteiger partial charge in [0.15, 0.2) is 5.96 Å². The summed E-state index contributed by atoms with van der Waals surface area (Å²) in [7, 11) is 4.11. The summed E-state index contributed by atoms with van der Waals surface area (Å²) in [5.74, 6) is 0.890. The van der Waals surface area contributed by atoms with E-state index in [1.54, 1.807) is 12.7 Å². The van der Waals surface area contributed by atoms with Crippen LogP contribution in [-0.2, 0) is 26.7 Å². The topological polar surface area (TPSA) is 63.3 Å². The molecule has 0 saturated carbocycles. The van der Waals surface area contributed by atoms with E-state index in [9.17, 15) is 0 Å². The fourth-order valence-corrected chi connectivity index (χ4v) is 3.58. The van der Waals surface area contributed by atoms with Crippen LogP contribution >= 0.6 is 15.9 Å². The van der Waals surface area contributed by atoms with Crippen LogP contribution in [-0.4, -0.2) is 43.8 Å². The van der Waals surface area contributed by atoms with Crippen molar-refractivity contribution in [3.63, 3.8) is 0 Å². The number of aliphatic imine (C=N–C) groups is 1. The van der Waals surface area contributed by atoms with E-state index >= 15 is 0 Å². The molecule has 0 radical (unpaired) electrons. The first-order valence-electron chi connectivity index (χ1n) is 9.25. The molecule has 0 bridgehead atoms. The molecule has 0 spiro atoms. The lowest BCUT2D eigenvalue weighted by atomic mass is 10.1. The lowest BCUT2D eigenvalue weighted by molar-refractivity contribution is 0.462. The lowest BCUT2D eigenvalue weighted by Crippen LogP contribution is -2.38. The molecular weight excluding hydrogens is 418 g/mol. The number of hydrogen-bond donors (Lipinski definition) is 1. The van der Waals surface area contributed by atoms with E-state index in [1.165, 1.54) is 16.8 Å². The van der Waals surface area contributed by atoms with Crippen molar-refractivity contribution < 1.29 is 0 Å². The maximum absolute atomic E-state index is 4.83. The van der Waals surface area contributed by atoms with Crippen molar-refractivity contribution in [3.8, 4) is 0 Å². The van der Waals surface area contributed by atoms with E-state index in [-0.39, 0.29) is 0 Å². The molecule has 0 atom stereocenters. The van der Waals surface area contributed by atoms with Crippen LogP contribution in [0.15, 0.2) is 58.6 Å². The Hall–Kier alpha value is -2.61. The molecule has 1 aromatic carbocycles. The molecule has 3 aromatic rings. The Labute approximate surface area is 174 Å². The summed E-state index contributed by atoms with van der Waals surface area (Å²) in [5, 5.41) is 7.55. The van der Waals surface area contributed by atoms with Crippen LogP contribution in [0, 0.1) is 0 Å². The van der Waals surface area contributed by atoms with Gasteiger partial charge in [0.05, 0.1) is 19.6 Å². The number of hydrogen-bond acceptors (Lipinski definition) is 3. The number of nitrogens with zero attached hydrogens (tertiary/aromatic N) is 6. The van der Waals surface area contributed by atoms with E-state index in [1.807, 2.05) is 4.68 Å². The highest BCUT2D eigenvalue weighted by Crippen LogP contribution is 2.15. The van der Waals surface area contributed by atoms with E-state index in [2.05, 4.69) is 98.3 Å². The monoisotopic (exact) mass is 443 g/mol. The number of aryl methyl sites for hydroxylation is 1. The second-order valence-corrected chi connectivity index (χ2v) is 7.62.